The minimum absolute atomic E-state index is 0.158. The number of carbonyl (C=O) groups excluding carboxylic acids is 1. The van der Waals surface area contributed by atoms with E-state index in [1.165, 1.54) is 32.1 Å². The second-order valence-electron chi connectivity index (χ2n) is 5.58. The van der Waals surface area contributed by atoms with Gasteiger partial charge in [-0.2, -0.15) is 0 Å². The lowest BCUT2D eigenvalue weighted by Crippen LogP contribution is -2.13. The number of unbranched alkanes of at least 4 members (excludes halogenated alkanes) is 5. The van der Waals surface area contributed by atoms with Crippen molar-refractivity contribution in [1.82, 2.24) is 0 Å². The molecular weight excluding hydrogens is 296 g/mol. The second-order valence-corrected chi connectivity index (χ2v) is 5.58. The first-order valence-corrected chi connectivity index (χ1v) is 9.20. The molecule has 138 valence electrons. The number of ether oxygens (including phenoxy) is 4. The lowest BCUT2D eigenvalue weighted by molar-refractivity contribution is -0.145. The minimum atomic E-state index is -0.158. The van der Waals surface area contributed by atoms with E-state index in [0.717, 1.165) is 19.4 Å². The molecule has 0 saturated heterocycles. The molecule has 0 spiro atoms. The molecule has 0 saturated carbocycles. The molecule has 0 bridgehead atoms. The van der Waals surface area contributed by atoms with Crippen molar-refractivity contribution < 1.29 is 23.7 Å². The minimum Gasteiger partial charge on any atom is -0.463 e. The molecule has 0 atom stereocenters. The Bertz CT molecular complexity index is 246. The van der Waals surface area contributed by atoms with E-state index >= 15 is 0 Å². The number of esters is 1. The van der Waals surface area contributed by atoms with Crippen molar-refractivity contribution in [1.29, 1.82) is 0 Å². The summed E-state index contributed by atoms with van der Waals surface area (Å²) in [6, 6.07) is 0. The topological polar surface area (TPSA) is 54.0 Å². The Morgan fingerprint density at radius 1 is 0.609 bits per heavy atom. The van der Waals surface area contributed by atoms with Crippen LogP contribution in [0.5, 0.6) is 0 Å². The zero-order valence-electron chi connectivity index (χ0n) is 15.1. The zero-order valence-corrected chi connectivity index (χ0v) is 15.1. The van der Waals surface area contributed by atoms with Crippen molar-refractivity contribution in [3.05, 3.63) is 0 Å². The maximum atomic E-state index is 11.1. The van der Waals surface area contributed by atoms with Gasteiger partial charge in [-0.25, -0.2) is 0 Å². The smallest absolute Gasteiger partial charge is 0.305 e. The third-order valence-corrected chi connectivity index (χ3v) is 3.33. The predicted molar refractivity (Wildman–Crippen MR) is 91.7 cm³/mol. The van der Waals surface area contributed by atoms with E-state index in [-0.39, 0.29) is 5.97 Å². The number of carbonyl (C=O) groups is 1. The van der Waals surface area contributed by atoms with Crippen LogP contribution in [0.25, 0.3) is 0 Å². The Morgan fingerprint density at radius 2 is 1.13 bits per heavy atom. The van der Waals surface area contributed by atoms with Crippen molar-refractivity contribution in [3.8, 4) is 0 Å². The lowest BCUT2D eigenvalue weighted by atomic mass is 10.1. The van der Waals surface area contributed by atoms with Crippen LogP contribution in [-0.4, -0.2) is 52.2 Å². The van der Waals surface area contributed by atoms with Crippen LogP contribution in [0, 0.1) is 0 Å². The quantitative estimate of drug-likeness (QED) is 0.283. The Balaban J connectivity index is 3.01. The van der Waals surface area contributed by atoms with Gasteiger partial charge in [-0.05, 0) is 12.8 Å². The van der Waals surface area contributed by atoms with E-state index < -0.39 is 0 Å². The average Bonchev–Trinajstić information content (AvgIpc) is 2.54. The highest BCUT2D eigenvalue weighted by Gasteiger charge is 1.99. The van der Waals surface area contributed by atoms with E-state index in [1.807, 2.05) is 6.92 Å². The van der Waals surface area contributed by atoms with Gasteiger partial charge in [0, 0.05) is 13.0 Å². The van der Waals surface area contributed by atoms with Gasteiger partial charge in [0.05, 0.1) is 33.0 Å². The van der Waals surface area contributed by atoms with E-state index in [1.54, 1.807) is 0 Å². The fourth-order valence-electron chi connectivity index (χ4n) is 2.02. The fourth-order valence-corrected chi connectivity index (χ4v) is 2.02. The van der Waals surface area contributed by atoms with E-state index in [4.69, 9.17) is 18.9 Å². The fraction of sp³-hybridized carbons (Fsp3) is 0.944. The average molecular weight is 332 g/mol. The van der Waals surface area contributed by atoms with Gasteiger partial charge in [0.25, 0.3) is 0 Å². The molecule has 0 aromatic carbocycles. The lowest BCUT2D eigenvalue weighted by Gasteiger charge is -2.07. The zero-order chi connectivity index (χ0) is 17.0. The first kappa shape index (κ1) is 22.4. The van der Waals surface area contributed by atoms with Crippen molar-refractivity contribution in [2.75, 3.05) is 46.2 Å². The number of hydrogen-bond donors (Lipinski definition) is 0. The summed E-state index contributed by atoms with van der Waals surface area (Å²) in [5, 5.41) is 0. The van der Waals surface area contributed by atoms with Crippen LogP contribution in [0.3, 0.4) is 0 Å². The van der Waals surface area contributed by atoms with Gasteiger partial charge in [0.2, 0.25) is 0 Å². The molecule has 0 amide bonds. The van der Waals surface area contributed by atoms with Crippen LogP contribution in [-0.2, 0) is 23.7 Å². The highest BCUT2D eigenvalue weighted by molar-refractivity contribution is 5.69. The van der Waals surface area contributed by atoms with Crippen LogP contribution in [0.2, 0.25) is 0 Å². The van der Waals surface area contributed by atoms with Gasteiger partial charge in [0.1, 0.15) is 6.61 Å². The summed E-state index contributed by atoms with van der Waals surface area (Å²) in [5.41, 5.74) is 0. The molecule has 0 aliphatic carbocycles. The molecule has 5 nitrogen and oxygen atoms in total. The monoisotopic (exact) mass is 332 g/mol. The Hall–Kier alpha value is -0.650. The van der Waals surface area contributed by atoms with Crippen molar-refractivity contribution >= 4 is 5.97 Å². The van der Waals surface area contributed by atoms with Crippen molar-refractivity contribution in [2.45, 2.75) is 65.2 Å². The van der Waals surface area contributed by atoms with Gasteiger partial charge in [-0.15, -0.1) is 0 Å². The van der Waals surface area contributed by atoms with Gasteiger partial charge in [-0.1, -0.05) is 46.0 Å². The number of rotatable bonds is 18. The van der Waals surface area contributed by atoms with Crippen LogP contribution in [0.4, 0.5) is 0 Å². The predicted octanol–water partition coefficient (Wildman–Crippen LogP) is 3.74. The van der Waals surface area contributed by atoms with E-state index in [2.05, 4.69) is 6.92 Å². The molecule has 5 heteroatoms. The summed E-state index contributed by atoms with van der Waals surface area (Å²) in [6.45, 7) is 8.06. The molecule has 0 aromatic rings. The summed E-state index contributed by atoms with van der Waals surface area (Å²) in [5.74, 6) is -0.158. The highest BCUT2D eigenvalue weighted by atomic mass is 16.6. The first-order chi connectivity index (χ1) is 11.3. The molecule has 0 radical (unpaired) electrons. The van der Waals surface area contributed by atoms with Gasteiger partial charge in [0.15, 0.2) is 0 Å². The third-order valence-electron chi connectivity index (χ3n) is 3.33. The standard InChI is InChI=1S/C18H36O5/c1-3-5-6-7-8-9-11-20-12-13-21-14-15-22-16-17-23-18(19)10-4-2/h3-17H2,1-2H3. The molecule has 23 heavy (non-hydrogen) atoms. The van der Waals surface area contributed by atoms with Gasteiger partial charge >= 0.3 is 5.97 Å². The Kier molecular flexibility index (Phi) is 18.8. The normalized spacial score (nSPS) is 10.9. The molecule has 0 aliphatic heterocycles. The Morgan fingerprint density at radius 3 is 1.74 bits per heavy atom. The van der Waals surface area contributed by atoms with E-state index in [0.29, 0.717) is 46.1 Å². The summed E-state index contributed by atoms with van der Waals surface area (Å²) < 4.78 is 21.2. The molecule has 0 rings (SSSR count). The van der Waals surface area contributed by atoms with Crippen molar-refractivity contribution in [2.24, 2.45) is 0 Å². The van der Waals surface area contributed by atoms with Crippen LogP contribution in [0.1, 0.15) is 65.2 Å². The molecule has 0 heterocycles. The maximum absolute atomic E-state index is 11.1. The molecular formula is C18H36O5. The molecule has 0 aromatic heterocycles. The maximum Gasteiger partial charge on any atom is 0.305 e. The second kappa shape index (κ2) is 19.4. The summed E-state index contributed by atoms with van der Waals surface area (Å²) in [4.78, 5) is 11.1. The molecule has 0 unspecified atom stereocenters. The summed E-state index contributed by atoms with van der Waals surface area (Å²) in [6.07, 6.45) is 8.99. The number of hydrogen-bond acceptors (Lipinski definition) is 5. The SMILES string of the molecule is CCCCCCCCOCCOCCOCCOC(=O)CCC. The van der Waals surface area contributed by atoms with Crippen molar-refractivity contribution in [3.63, 3.8) is 0 Å². The largest absolute Gasteiger partial charge is 0.463 e. The molecule has 0 N–H and O–H groups in total. The van der Waals surface area contributed by atoms with Crippen LogP contribution >= 0.6 is 0 Å². The Labute approximate surface area is 142 Å². The van der Waals surface area contributed by atoms with Crippen LogP contribution < -0.4 is 0 Å². The molecule has 0 aliphatic rings. The highest BCUT2D eigenvalue weighted by Crippen LogP contribution is 2.04. The summed E-state index contributed by atoms with van der Waals surface area (Å²) >= 11 is 0. The molecule has 0 fully saturated rings. The van der Waals surface area contributed by atoms with Gasteiger partial charge < -0.3 is 18.9 Å². The summed E-state index contributed by atoms with van der Waals surface area (Å²) in [7, 11) is 0. The van der Waals surface area contributed by atoms with Crippen LogP contribution in [0.15, 0.2) is 0 Å². The van der Waals surface area contributed by atoms with E-state index in [9.17, 15) is 4.79 Å². The first-order valence-electron chi connectivity index (χ1n) is 9.20. The van der Waals surface area contributed by atoms with Gasteiger partial charge in [-0.3, -0.25) is 4.79 Å². The third kappa shape index (κ3) is 19.3.